The summed E-state index contributed by atoms with van der Waals surface area (Å²) in [5, 5.41) is 0. The third kappa shape index (κ3) is 2.64. The fourth-order valence-electron chi connectivity index (χ4n) is 1.63. The number of hydrogen-bond donors (Lipinski definition) is 0. The zero-order valence-corrected chi connectivity index (χ0v) is 8.77. The Kier molecular flexibility index (Phi) is 3.64. The van der Waals surface area contributed by atoms with Crippen LogP contribution >= 0.6 is 0 Å². The van der Waals surface area contributed by atoms with Crippen LogP contribution in [-0.2, 0) is 9.47 Å². The molecule has 0 spiro atoms. The highest BCUT2D eigenvalue weighted by molar-refractivity contribution is 4.85. The molecule has 0 aromatic carbocycles. The quantitative estimate of drug-likeness (QED) is 0.668. The van der Waals surface area contributed by atoms with E-state index in [2.05, 4.69) is 20.4 Å². The van der Waals surface area contributed by atoms with Crippen LogP contribution in [0.2, 0.25) is 0 Å². The molecule has 1 aliphatic rings. The highest BCUT2D eigenvalue weighted by atomic mass is 16.7. The van der Waals surface area contributed by atoms with Gasteiger partial charge in [0, 0.05) is 5.41 Å². The summed E-state index contributed by atoms with van der Waals surface area (Å²) in [6, 6.07) is 0. The molecule has 0 bridgehead atoms. The zero-order chi connectivity index (χ0) is 9.73. The highest BCUT2D eigenvalue weighted by Crippen LogP contribution is 2.34. The van der Waals surface area contributed by atoms with E-state index in [-0.39, 0.29) is 5.41 Å². The average Bonchev–Trinajstić information content (AvgIpc) is 2.18. The zero-order valence-electron chi connectivity index (χ0n) is 8.77. The van der Waals surface area contributed by atoms with Crippen LogP contribution in [0, 0.1) is 5.41 Å². The Bertz CT molecular complexity index is 165. The molecule has 0 unspecified atom stereocenters. The van der Waals surface area contributed by atoms with Crippen molar-refractivity contribution in [3.05, 3.63) is 12.5 Å². The van der Waals surface area contributed by atoms with Crippen LogP contribution in [0.4, 0.5) is 0 Å². The van der Waals surface area contributed by atoms with Gasteiger partial charge in [-0.1, -0.05) is 26.7 Å². The second-order valence-corrected chi connectivity index (χ2v) is 3.91. The number of unbranched alkanes of at least 4 members (excludes halogenated alkanes) is 1. The Hall–Kier alpha value is -0.660. The van der Waals surface area contributed by atoms with Crippen molar-refractivity contribution in [1.29, 1.82) is 0 Å². The van der Waals surface area contributed by atoms with E-state index >= 15 is 0 Å². The maximum absolute atomic E-state index is 5.37. The van der Waals surface area contributed by atoms with Crippen LogP contribution < -0.4 is 0 Å². The molecule has 13 heavy (non-hydrogen) atoms. The normalized spacial score (nSPS) is 20.6. The van der Waals surface area contributed by atoms with E-state index < -0.39 is 0 Å². The Labute approximate surface area is 80.9 Å². The van der Waals surface area contributed by atoms with Crippen LogP contribution in [0.25, 0.3) is 0 Å². The largest absolute Gasteiger partial charge is 0.465 e. The fourth-order valence-corrected chi connectivity index (χ4v) is 1.63. The van der Waals surface area contributed by atoms with E-state index in [0.29, 0.717) is 5.95 Å². The van der Waals surface area contributed by atoms with Gasteiger partial charge >= 0.3 is 0 Å². The molecule has 0 amide bonds. The van der Waals surface area contributed by atoms with Crippen molar-refractivity contribution in [2.75, 3.05) is 13.2 Å². The lowest BCUT2D eigenvalue weighted by Gasteiger charge is -2.36. The predicted octanol–water partition coefficient (Wildman–Crippen LogP) is 3.09. The average molecular weight is 184 g/mol. The number of rotatable bonds is 4. The van der Waals surface area contributed by atoms with Crippen molar-refractivity contribution in [3.8, 4) is 0 Å². The molecule has 2 nitrogen and oxygen atoms in total. The van der Waals surface area contributed by atoms with Gasteiger partial charge in [0.2, 0.25) is 0 Å². The summed E-state index contributed by atoms with van der Waals surface area (Å²) < 4.78 is 10.7. The lowest BCUT2D eigenvalue weighted by molar-refractivity contribution is -0.104. The van der Waals surface area contributed by atoms with Crippen LogP contribution in [0.15, 0.2) is 12.5 Å². The maximum Gasteiger partial charge on any atom is 0.271 e. The van der Waals surface area contributed by atoms with Gasteiger partial charge in [0.15, 0.2) is 0 Å². The molecule has 1 rings (SSSR count). The van der Waals surface area contributed by atoms with E-state index in [0.717, 1.165) is 19.6 Å². The second kappa shape index (κ2) is 4.54. The first kappa shape index (κ1) is 10.4. The highest BCUT2D eigenvalue weighted by Gasteiger charge is 2.33. The van der Waals surface area contributed by atoms with Gasteiger partial charge in [0.05, 0.1) is 0 Å². The minimum absolute atomic E-state index is 0.247. The summed E-state index contributed by atoms with van der Waals surface area (Å²) in [4.78, 5) is 0. The molecule has 76 valence electrons. The molecule has 1 aliphatic heterocycles. The summed E-state index contributed by atoms with van der Waals surface area (Å²) in [5.74, 6) is 0.487. The first-order valence-corrected chi connectivity index (χ1v) is 5.17. The van der Waals surface area contributed by atoms with Gasteiger partial charge in [-0.25, -0.2) is 0 Å². The smallest absolute Gasteiger partial charge is 0.271 e. The minimum atomic E-state index is 0.247. The van der Waals surface area contributed by atoms with Gasteiger partial charge in [-0.3, -0.25) is 0 Å². The first-order chi connectivity index (χ1) is 6.22. The molecule has 0 aliphatic carbocycles. The Morgan fingerprint density at radius 3 is 2.38 bits per heavy atom. The number of hydrogen-bond acceptors (Lipinski definition) is 2. The van der Waals surface area contributed by atoms with E-state index in [4.69, 9.17) is 9.47 Å². The predicted molar refractivity (Wildman–Crippen MR) is 53.3 cm³/mol. The topological polar surface area (TPSA) is 18.5 Å². The SMILES string of the molecule is C=C1OCC(CC)(CCCC)CO1. The van der Waals surface area contributed by atoms with E-state index in [1.165, 1.54) is 19.3 Å². The van der Waals surface area contributed by atoms with Crippen LogP contribution in [0.5, 0.6) is 0 Å². The summed E-state index contributed by atoms with van der Waals surface area (Å²) in [7, 11) is 0. The Morgan fingerprint density at radius 2 is 1.92 bits per heavy atom. The van der Waals surface area contributed by atoms with E-state index in [1.807, 2.05) is 0 Å². The molecule has 0 saturated carbocycles. The number of ether oxygens (including phenoxy) is 2. The minimum Gasteiger partial charge on any atom is -0.465 e. The molecule has 1 fully saturated rings. The lowest BCUT2D eigenvalue weighted by atomic mass is 9.81. The molecular weight excluding hydrogens is 164 g/mol. The molecule has 2 heteroatoms. The first-order valence-electron chi connectivity index (χ1n) is 5.17. The summed E-state index contributed by atoms with van der Waals surface area (Å²) in [6.07, 6.45) is 4.82. The molecule has 0 radical (unpaired) electrons. The van der Waals surface area contributed by atoms with Gasteiger partial charge in [-0.05, 0) is 19.4 Å². The van der Waals surface area contributed by atoms with Gasteiger partial charge in [-0.2, -0.15) is 0 Å². The maximum atomic E-state index is 5.37. The summed E-state index contributed by atoms with van der Waals surface area (Å²) >= 11 is 0. The standard InChI is InChI=1S/C11H20O2/c1-4-6-7-11(5-2)8-12-10(3)13-9-11/h3-9H2,1-2H3. The van der Waals surface area contributed by atoms with Gasteiger partial charge in [0.1, 0.15) is 13.2 Å². The molecule has 0 atom stereocenters. The van der Waals surface area contributed by atoms with Crippen molar-refractivity contribution in [2.45, 2.75) is 39.5 Å². The molecule has 1 heterocycles. The van der Waals surface area contributed by atoms with E-state index in [1.54, 1.807) is 0 Å². The van der Waals surface area contributed by atoms with Crippen molar-refractivity contribution in [2.24, 2.45) is 5.41 Å². The summed E-state index contributed by atoms with van der Waals surface area (Å²) in [6.45, 7) is 9.63. The van der Waals surface area contributed by atoms with Crippen molar-refractivity contribution in [3.63, 3.8) is 0 Å². The third-order valence-electron chi connectivity index (χ3n) is 2.89. The molecular formula is C11H20O2. The van der Waals surface area contributed by atoms with Crippen molar-refractivity contribution >= 4 is 0 Å². The summed E-state index contributed by atoms with van der Waals surface area (Å²) in [5.41, 5.74) is 0.247. The molecule has 1 saturated heterocycles. The molecule has 0 aromatic rings. The lowest BCUT2D eigenvalue weighted by Crippen LogP contribution is -2.35. The Balaban J connectivity index is 2.44. The third-order valence-corrected chi connectivity index (χ3v) is 2.89. The van der Waals surface area contributed by atoms with Crippen LogP contribution in [0.1, 0.15) is 39.5 Å². The van der Waals surface area contributed by atoms with Crippen molar-refractivity contribution in [1.82, 2.24) is 0 Å². The van der Waals surface area contributed by atoms with Crippen LogP contribution in [0.3, 0.4) is 0 Å². The fraction of sp³-hybridized carbons (Fsp3) is 0.818. The monoisotopic (exact) mass is 184 g/mol. The van der Waals surface area contributed by atoms with Crippen LogP contribution in [-0.4, -0.2) is 13.2 Å². The van der Waals surface area contributed by atoms with Gasteiger partial charge in [-0.15, -0.1) is 0 Å². The second-order valence-electron chi connectivity index (χ2n) is 3.91. The van der Waals surface area contributed by atoms with Gasteiger partial charge < -0.3 is 9.47 Å². The molecule has 0 N–H and O–H groups in total. The van der Waals surface area contributed by atoms with Crippen molar-refractivity contribution < 1.29 is 9.47 Å². The van der Waals surface area contributed by atoms with Gasteiger partial charge in [0.25, 0.3) is 5.95 Å². The Morgan fingerprint density at radius 1 is 1.31 bits per heavy atom. The van der Waals surface area contributed by atoms with E-state index in [9.17, 15) is 0 Å². The molecule has 0 aromatic heterocycles.